The van der Waals surface area contributed by atoms with E-state index in [0.717, 1.165) is 35.8 Å². The van der Waals surface area contributed by atoms with Crippen LogP contribution in [0.3, 0.4) is 0 Å². The minimum absolute atomic E-state index is 0.145. The number of benzene rings is 2. The van der Waals surface area contributed by atoms with E-state index in [2.05, 4.69) is 9.62 Å². The third-order valence-electron chi connectivity index (χ3n) is 5.09. The van der Waals surface area contributed by atoms with Crippen LogP contribution in [-0.4, -0.2) is 45.5 Å². The second kappa shape index (κ2) is 7.76. The van der Waals surface area contributed by atoms with Gasteiger partial charge in [0.1, 0.15) is 5.75 Å². The maximum absolute atomic E-state index is 12.8. The van der Waals surface area contributed by atoms with Crippen molar-refractivity contribution in [2.24, 2.45) is 0 Å². The fraction of sp³-hybridized carbons (Fsp3) is 0.368. The molecule has 1 N–H and O–H groups in total. The number of sulfonamides is 1. The Labute approximate surface area is 164 Å². The van der Waals surface area contributed by atoms with Crippen LogP contribution in [0.5, 0.6) is 5.75 Å². The van der Waals surface area contributed by atoms with Gasteiger partial charge >= 0.3 is 0 Å². The molecule has 0 saturated carbocycles. The first-order valence-electron chi connectivity index (χ1n) is 8.85. The van der Waals surface area contributed by atoms with E-state index in [9.17, 15) is 18.5 Å². The first-order chi connectivity index (χ1) is 13.2. The number of nitrogens with one attached hydrogen (secondary N) is 1. The van der Waals surface area contributed by atoms with E-state index in [1.807, 2.05) is 14.1 Å². The number of nitro groups is 1. The molecule has 3 rings (SSSR count). The van der Waals surface area contributed by atoms with Crippen LogP contribution in [0.15, 0.2) is 41.3 Å². The second-order valence-corrected chi connectivity index (χ2v) is 8.68. The molecule has 0 fully saturated rings. The zero-order chi connectivity index (χ0) is 20.5. The maximum Gasteiger partial charge on any atom is 0.270 e. The molecular formula is C19H23N3O5S. The average molecular weight is 405 g/mol. The van der Waals surface area contributed by atoms with Crippen molar-refractivity contribution in [1.29, 1.82) is 0 Å². The summed E-state index contributed by atoms with van der Waals surface area (Å²) in [7, 11) is 1.69. The van der Waals surface area contributed by atoms with Crippen LogP contribution in [-0.2, 0) is 22.9 Å². The smallest absolute Gasteiger partial charge is 0.270 e. The molecule has 150 valence electrons. The number of methoxy groups -OCH3 is 1. The number of anilines is 1. The van der Waals surface area contributed by atoms with Gasteiger partial charge in [-0.05, 0) is 57.1 Å². The van der Waals surface area contributed by atoms with Crippen LogP contribution in [0.1, 0.15) is 17.5 Å². The van der Waals surface area contributed by atoms with Crippen LogP contribution in [0.25, 0.3) is 0 Å². The molecule has 0 amide bonds. The van der Waals surface area contributed by atoms with Gasteiger partial charge in [0.2, 0.25) is 0 Å². The number of ether oxygens (including phenoxy) is 1. The molecule has 9 heteroatoms. The lowest BCUT2D eigenvalue weighted by Gasteiger charge is -2.32. The van der Waals surface area contributed by atoms with Gasteiger partial charge in [0.25, 0.3) is 15.7 Å². The second-order valence-electron chi connectivity index (χ2n) is 6.99. The largest absolute Gasteiger partial charge is 0.496 e. The molecule has 2 aromatic rings. The highest BCUT2D eigenvalue weighted by Gasteiger charge is 2.27. The molecule has 1 atom stereocenters. The average Bonchev–Trinajstić information content (AvgIpc) is 2.67. The highest BCUT2D eigenvalue weighted by atomic mass is 32.2. The van der Waals surface area contributed by atoms with Crippen molar-refractivity contribution in [3.8, 4) is 5.75 Å². The van der Waals surface area contributed by atoms with E-state index in [-0.39, 0.29) is 10.6 Å². The van der Waals surface area contributed by atoms with Gasteiger partial charge in [-0.15, -0.1) is 0 Å². The van der Waals surface area contributed by atoms with E-state index in [4.69, 9.17) is 4.74 Å². The number of nitro benzene ring substituents is 1. The number of nitrogens with zero attached hydrogens (tertiary/aromatic N) is 2. The molecular weight excluding hydrogens is 382 g/mol. The van der Waals surface area contributed by atoms with Crippen LogP contribution in [0, 0.1) is 10.1 Å². The third kappa shape index (κ3) is 3.95. The summed E-state index contributed by atoms with van der Waals surface area (Å²) in [6.45, 7) is 0. The molecule has 0 heterocycles. The fourth-order valence-electron chi connectivity index (χ4n) is 3.53. The Morgan fingerprint density at radius 1 is 1.21 bits per heavy atom. The van der Waals surface area contributed by atoms with Gasteiger partial charge in [0, 0.05) is 23.7 Å². The quantitative estimate of drug-likeness (QED) is 0.586. The van der Waals surface area contributed by atoms with Crippen molar-refractivity contribution in [3.63, 3.8) is 0 Å². The Balaban J connectivity index is 1.98. The number of hydrogen-bond acceptors (Lipinski definition) is 6. The highest BCUT2D eigenvalue weighted by Crippen LogP contribution is 2.36. The van der Waals surface area contributed by atoms with Gasteiger partial charge in [-0.3, -0.25) is 14.8 Å². The molecule has 0 saturated heterocycles. The molecule has 2 aromatic carbocycles. The Hall–Kier alpha value is -2.65. The molecule has 1 aliphatic rings. The summed E-state index contributed by atoms with van der Waals surface area (Å²) < 4.78 is 33.7. The predicted molar refractivity (Wildman–Crippen MR) is 106 cm³/mol. The van der Waals surface area contributed by atoms with E-state index in [0.29, 0.717) is 18.2 Å². The van der Waals surface area contributed by atoms with Crippen molar-refractivity contribution >= 4 is 21.4 Å². The standard InChI is InChI=1S/C19H23N3O5S/c1-21(2)13-7-8-16-17(12-13)19(27-3)10-9-18(16)20-28(25,26)15-6-4-5-14(11-15)22(23)24/h4-6,9-11,13,20H,7-8,12H2,1-3H3. The summed E-state index contributed by atoms with van der Waals surface area (Å²) >= 11 is 0. The van der Waals surface area contributed by atoms with Gasteiger partial charge in [-0.1, -0.05) is 6.07 Å². The van der Waals surface area contributed by atoms with Crippen molar-refractivity contribution in [2.45, 2.75) is 30.2 Å². The van der Waals surface area contributed by atoms with Gasteiger partial charge in [0.05, 0.1) is 22.6 Å². The SMILES string of the molecule is COc1ccc(NS(=O)(=O)c2cccc([N+](=O)[O-])c2)c2c1CC(N(C)C)CC2. The molecule has 0 bridgehead atoms. The number of fused-ring (bicyclic) bond motifs is 1. The monoisotopic (exact) mass is 405 g/mol. The molecule has 0 aliphatic heterocycles. The third-order valence-corrected chi connectivity index (χ3v) is 6.45. The molecule has 8 nitrogen and oxygen atoms in total. The normalized spacial score (nSPS) is 16.5. The molecule has 1 unspecified atom stereocenters. The molecule has 0 radical (unpaired) electrons. The van der Waals surface area contributed by atoms with Gasteiger partial charge < -0.3 is 9.64 Å². The van der Waals surface area contributed by atoms with Crippen molar-refractivity contribution < 1.29 is 18.1 Å². The van der Waals surface area contributed by atoms with E-state index in [1.54, 1.807) is 19.2 Å². The Morgan fingerprint density at radius 2 is 1.96 bits per heavy atom. The zero-order valence-corrected chi connectivity index (χ0v) is 16.8. The van der Waals surface area contributed by atoms with E-state index in [1.165, 1.54) is 18.2 Å². The fourth-order valence-corrected chi connectivity index (χ4v) is 4.66. The molecule has 0 spiro atoms. The topological polar surface area (TPSA) is 102 Å². The van der Waals surface area contributed by atoms with E-state index < -0.39 is 14.9 Å². The van der Waals surface area contributed by atoms with Crippen molar-refractivity contribution in [3.05, 3.63) is 57.6 Å². The first kappa shape index (κ1) is 20.1. The van der Waals surface area contributed by atoms with Crippen LogP contribution >= 0.6 is 0 Å². The minimum atomic E-state index is -3.96. The minimum Gasteiger partial charge on any atom is -0.496 e. The number of rotatable bonds is 6. The first-order valence-corrected chi connectivity index (χ1v) is 10.3. The molecule has 1 aliphatic carbocycles. The van der Waals surface area contributed by atoms with Crippen LogP contribution in [0.2, 0.25) is 0 Å². The summed E-state index contributed by atoms with van der Waals surface area (Å²) in [4.78, 5) is 12.4. The Morgan fingerprint density at radius 3 is 2.61 bits per heavy atom. The van der Waals surface area contributed by atoms with E-state index >= 15 is 0 Å². The number of likely N-dealkylation sites (N-methyl/N-ethyl adjacent to an activating group) is 1. The van der Waals surface area contributed by atoms with Crippen molar-refractivity contribution in [2.75, 3.05) is 25.9 Å². The Bertz CT molecular complexity index is 1000. The lowest BCUT2D eigenvalue weighted by Crippen LogP contribution is -2.34. The molecule has 28 heavy (non-hydrogen) atoms. The summed E-state index contributed by atoms with van der Waals surface area (Å²) in [5.74, 6) is 0.736. The summed E-state index contributed by atoms with van der Waals surface area (Å²) in [6.07, 6.45) is 2.37. The Kier molecular flexibility index (Phi) is 5.57. The number of hydrogen-bond donors (Lipinski definition) is 1. The summed E-state index contributed by atoms with van der Waals surface area (Å²) in [5, 5.41) is 11.0. The summed E-state index contributed by atoms with van der Waals surface area (Å²) in [6, 6.07) is 8.80. The van der Waals surface area contributed by atoms with Gasteiger partial charge in [-0.2, -0.15) is 0 Å². The number of non-ortho nitro benzene ring substituents is 1. The lowest BCUT2D eigenvalue weighted by molar-refractivity contribution is -0.385. The maximum atomic E-state index is 12.8. The lowest BCUT2D eigenvalue weighted by atomic mass is 9.86. The molecule has 0 aromatic heterocycles. The summed E-state index contributed by atoms with van der Waals surface area (Å²) in [5.41, 5.74) is 2.12. The highest BCUT2D eigenvalue weighted by molar-refractivity contribution is 7.92. The van der Waals surface area contributed by atoms with Gasteiger partial charge in [-0.25, -0.2) is 8.42 Å². The van der Waals surface area contributed by atoms with Crippen LogP contribution in [0.4, 0.5) is 11.4 Å². The predicted octanol–water partition coefficient (Wildman–Crippen LogP) is 2.82. The van der Waals surface area contributed by atoms with Gasteiger partial charge in [0.15, 0.2) is 0 Å². The zero-order valence-electron chi connectivity index (χ0n) is 16.0. The van der Waals surface area contributed by atoms with Crippen LogP contribution < -0.4 is 9.46 Å². The van der Waals surface area contributed by atoms with Crippen molar-refractivity contribution in [1.82, 2.24) is 4.90 Å².